The Hall–Kier alpha value is -7.76. The zero-order valence-corrected chi connectivity index (χ0v) is 61.5. The summed E-state index contributed by atoms with van der Waals surface area (Å²) in [7, 11) is 0. The Balaban J connectivity index is 1.07. The van der Waals surface area contributed by atoms with E-state index < -0.39 is 0 Å². The molecule has 0 radical (unpaired) electrons. The van der Waals surface area contributed by atoms with Crippen LogP contribution in [-0.2, 0) is 48.7 Å². The van der Waals surface area contributed by atoms with Gasteiger partial charge in [-0.3, -0.25) is 0 Å². The summed E-state index contributed by atoms with van der Waals surface area (Å²) in [6, 6.07) is 63.3. The van der Waals surface area contributed by atoms with Crippen molar-refractivity contribution < 1.29 is 4.42 Å². The van der Waals surface area contributed by atoms with Crippen molar-refractivity contribution in [2.75, 3.05) is 14.7 Å². The molecule has 16 rings (SSSR count). The van der Waals surface area contributed by atoms with Gasteiger partial charge in [0.05, 0.1) is 5.69 Å². The molecule has 4 aliphatic carbocycles. The summed E-state index contributed by atoms with van der Waals surface area (Å²) in [5, 5.41) is 2.38. The molecule has 2 aliphatic heterocycles. The highest BCUT2D eigenvalue weighted by atomic mass is 16.3. The van der Waals surface area contributed by atoms with Crippen LogP contribution in [0.2, 0.25) is 0 Å². The molecule has 0 amide bonds. The number of furan rings is 1. The molecule has 3 heterocycles. The number of hydrogen-bond donors (Lipinski definition) is 0. The van der Waals surface area contributed by atoms with E-state index in [1.807, 2.05) is 0 Å². The van der Waals surface area contributed by atoms with Gasteiger partial charge in [-0.2, -0.15) is 0 Å². The second-order valence-corrected chi connectivity index (χ2v) is 36.9. The molecular formula is C91H102BN3O. The minimum absolute atomic E-state index is 0.0160. The maximum absolute atomic E-state index is 7.46. The van der Waals surface area contributed by atoms with Gasteiger partial charge >= 0.3 is 0 Å². The molecule has 6 aliphatic rings. The topological polar surface area (TPSA) is 22.9 Å². The summed E-state index contributed by atoms with van der Waals surface area (Å²) < 4.78 is 7.46. The van der Waals surface area contributed by atoms with Crippen molar-refractivity contribution in [1.82, 2.24) is 0 Å². The molecule has 0 atom stereocenters. The zero-order chi connectivity index (χ0) is 67.7. The average molecular weight is 1260 g/mol. The minimum atomic E-state index is -0.151. The van der Waals surface area contributed by atoms with Gasteiger partial charge in [0.25, 0.3) is 6.71 Å². The van der Waals surface area contributed by atoms with Crippen molar-refractivity contribution in [2.24, 2.45) is 0 Å². The van der Waals surface area contributed by atoms with Crippen LogP contribution in [0.4, 0.5) is 51.2 Å². The fraction of sp³-hybridized carbons (Fsp3) is 0.407. The van der Waals surface area contributed by atoms with E-state index >= 15 is 0 Å². The number of nitrogens with zero attached hydrogens (tertiary/aromatic N) is 3. The summed E-state index contributed by atoms with van der Waals surface area (Å²) >= 11 is 0. The molecule has 0 bridgehead atoms. The van der Waals surface area contributed by atoms with Crippen molar-refractivity contribution in [2.45, 2.75) is 239 Å². The van der Waals surface area contributed by atoms with E-state index in [9.17, 15) is 0 Å². The first-order chi connectivity index (χ1) is 45.0. The predicted octanol–water partition coefficient (Wildman–Crippen LogP) is 23.8. The molecule has 10 aromatic rings. The quantitative estimate of drug-likeness (QED) is 0.155. The van der Waals surface area contributed by atoms with Gasteiger partial charge in [0.15, 0.2) is 0 Å². The molecule has 9 aromatic carbocycles. The van der Waals surface area contributed by atoms with E-state index in [2.05, 4.69) is 311 Å². The Morgan fingerprint density at radius 3 is 1.32 bits per heavy atom. The third-order valence-corrected chi connectivity index (χ3v) is 25.6. The van der Waals surface area contributed by atoms with Crippen molar-refractivity contribution in [1.29, 1.82) is 0 Å². The summed E-state index contributed by atoms with van der Waals surface area (Å²) in [6.45, 7) is 49.0. The maximum atomic E-state index is 7.46. The van der Waals surface area contributed by atoms with Crippen LogP contribution in [0.25, 0.3) is 33.1 Å². The molecule has 5 heteroatoms. The van der Waals surface area contributed by atoms with Crippen LogP contribution >= 0.6 is 0 Å². The fourth-order valence-electron chi connectivity index (χ4n) is 18.7. The van der Waals surface area contributed by atoms with E-state index in [1.165, 1.54) is 128 Å². The summed E-state index contributed by atoms with van der Waals surface area (Å²) in [5.41, 5.74) is 33.4. The molecule has 0 spiro atoms. The molecular weight excluding hydrogens is 1160 g/mol. The van der Waals surface area contributed by atoms with E-state index in [0.29, 0.717) is 0 Å². The van der Waals surface area contributed by atoms with Crippen LogP contribution in [0.1, 0.15) is 239 Å². The first kappa shape index (κ1) is 63.0. The number of benzene rings is 9. The third-order valence-electron chi connectivity index (χ3n) is 25.6. The lowest BCUT2D eigenvalue weighted by molar-refractivity contribution is 0.332. The van der Waals surface area contributed by atoms with Crippen LogP contribution in [0.15, 0.2) is 162 Å². The van der Waals surface area contributed by atoms with Crippen LogP contribution in [0.5, 0.6) is 0 Å². The van der Waals surface area contributed by atoms with Crippen molar-refractivity contribution in [3.63, 3.8) is 0 Å². The van der Waals surface area contributed by atoms with Gasteiger partial charge in [-0.15, -0.1) is 0 Å². The molecule has 0 saturated carbocycles. The number of anilines is 9. The van der Waals surface area contributed by atoms with Crippen LogP contribution in [-0.4, -0.2) is 6.71 Å². The average Bonchev–Trinajstić information content (AvgIpc) is 0.892. The minimum Gasteiger partial charge on any atom is -0.456 e. The Kier molecular flexibility index (Phi) is 13.6. The molecule has 490 valence electrons. The first-order valence-corrected chi connectivity index (χ1v) is 36.4. The monoisotopic (exact) mass is 1260 g/mol. The Bertz CT molecular complexity index is 4880. The van der Waals surface area contributed by atoms with Gasteiger partial charge in [0.2, 0.25) is 0 Å². The lowest BCUT2D eigenvalue weighted by Crippen LogP contribution is -2.62. The van der Waals surface area contributed by atoms with Crippen molar-refractivity contribution in [3.05, 3.63) is 213 Å². The molecule has 0 N–H and O–H groups in total. The number of hydrogen-bond acceptors (Lipinski definition) is 4. The molecule has 96 heavy (non-hydrogen) atoms. The van der Waals surface area contributed by atoms with Crippen LogP contribution in [0.3, 0.4) is 0 Å². The molecule has 0 unspecified atom stereocenters. The molecule has 1 aromatic heterocycles. The maximum Gasteiger partial charge on any atom is 0.252 e. The Labute approximate surface area is 575 Å². The molecule has 0 fully saturated rings. The van der Waals surface area contributed by atoms with Crippen molar-refractivity contribution in [3.8, 4) is 11.1 Å². The van der Waals surface area contributed by atoms with E-state index in [0.717, 1.165) is 79.6 Å². The number of aryl methyl sites for hydroxylation is 1. The molecule has 4 nitrogen and oxygen atoms in total. The fourth-order valence-corrected chi connectivity index (χ4v) is 18.7. The third kappa shape index (κ3) is 9.62. The van der Waals surface area contributed by atoms with E-state index in [-0.39, 0.29) is 55.4 Å². The van der Waals surface area contributed by atoms with Crippen LogP contribution in [0, 0.1) is 6.92 Å². The number of rotatable bonds is 6. The van der Waals surface area contributed by atoms with E-state index in [1.54, 1.807) is 0 Å². The molecule has 0 saturated heterocycles. The highest BCUT2D eigenvalue weighted by molar-refractivity contribution is 7.00. The summed E-state index contributed by atoms with van der Waals surface area (Å²) in [4.78, 5) is 8.08. The Morgan fingerprint density at radius 1 is 0.354 bits per heavy atom. The van der Waals surface area contributed by atoms with Gasteiger partial charge in [-0.05, 0) is 275 Å². The van der Waals surface area contributed by atoms with Gasteiger partial charge in [0.1, 0.15) is 11.2 Å². The zero-order valence-electron chi connectivity index (χ0n) is 61.5. The number of fused-ring (bicyclic) bond motifs is 11. The standard InChI is InChI=1S/C91H102BN3O/c1-55-44-66-70(89(15,16)41-38-85(66,7)8)51-75(55)95-76-49-64-63-48-68-72(91(19,20)43-39-87(68,11)12)53-80(63)96-81(64)54-74(76)92-73-50-69-71(90(17,18)42-40-88(69,13)14)52-77(73)94(61-34-35-65-67(45-61)86(9,10)37-36-84(65,5)6)78-46-62(47-79(95)82(78)92)93(60-32-28-58(29-33-60)83(2,3)4)59-30-26-57(27-31-59)56-24-22-21-23-25-56/h21-35,44-54H,36-43H2,1-20H3. The van der Waals surface area contributed by atoms with Gasteiger partial charge < -0.3 is 19.1 Å². The first-order valence-electron chi connectivity index (χ1n) is 36.4. The lowest BCUT2D eigenvalue weighted by Gasteiger charge is -2.48. The normalized spacial score (nSPS) is 19.9. The van der Waals surface area contributed by atoms with Crippen molar-refractivity contribution >= 4 is 96.2 Å². The SMILES string of the molecule is Cc1cc2c(cc1N1c3cc4c(cc3B3c5cc6c(cc5N(c5ccc7c(c5)C(C)(C)CCC7(C)C)c5cc(N(c7ccc(-c8ccccc8)cc7)c7ccc(C(C)(C)C)cc7)cc1c53)C(C)(C)CCC6(C)C)oc1cc3c(cc14)C(C)(C)CCC3(C)C)C(C)(C)CCC2(C)C. The van der Waals surface area contributed by atoms with Crippen LogP contribution < -0.4 is 31.1 Å². The highest BCUT2D eigenvalue weighted by Crippen LogP contribution is 2.57. The Morgan fingerprint density at radius 2 is 0.771 bits per heavy atom. The second-order valence-electron chi connectivity index (χ2n) is 36.9. The summed E-state index contributed by atoms with van der Waals surface area (Å²) in [5.74, 6) is 0. The largest absolute Gasteiger partial charge is 0.456 e. The lowest BCUT2D eigenvalue weighted by atomic mass is 9.33. The van der Waals surface area contributed by atoms with Gasteiger partial charge in [0, 0.05) is 56.3 Å². The van der Waals surface area contributed by atoms with E-state index in [4.69, 9.17) is 4.42 Å². The highest BCUT2D eigenvalue weighted by Gasteiger charge is 2.50. The second kappa shape index (κ2) is 20.7. The predicted molar refractivity (Wildman–Crippen MR) is 412 cm³/mol. The smallest absolute Gasteiger partial charge is 0.252 e. The van der Waals surface area contributed by atoms with Gasteiger partial charge in [-0.1, -0.05) is 204 Å². The van der Waals surface area contributed by atoms with Gasteiger partial charge in [-0.25, -0.2) is 0 Å². The summed E-state index contributed by atoms with van der Waals surface area (Å²) in [6.07, 6.45) is 9.13.